The molecule has 2 unspecified atom stereocenters. The van der Waals surface area contributed by atoms with E-state index in [4.69, 9.17) is 0 Å². The number of amides is 1. The number of nitrogens with one attached hydrogen (secondary N) is 2. The molecule has 0 aliphatic carbocycles. The maximum absolute atomic E-state index is 13.6. The molecule has 0 aliphatic rings. The van der Waals surface area contributed by atoms with Gasteiger partial charge in [-0.05, 0) is 43.4 Å². The fraction of sp³-hybridized carbons (Fsp3) is 0.562. The number of hydrogen-bond donors (Lipinski definition) is 2. The van der Waals surface area contributed by atoms with E-state index in [1.54, 1.807) is 20.0 Å². The summed E-state index contributed by atoms with van der Waals surface area (Å²) < 4.78 is 13.6. The van der Waals surface area contributed by atoms with Crippen molar-refractivity contribution in [3.63, 3.8) is 0 Å². The number of aryl methyl sites for hydroxylation is 1. The molecule has 2 atom stereocenters. The molecular weight excluding hydrogens is 255 g/mol. The molecule has 1 aromatic carbocycles. The van der Waals surface area contributed by atoms with Crippen molar-refractivity contribution in [1.29, 1.82) is 0 Å². The smallest absolute Gasteiger partial charge is 0.236 e. The second-order valence-corrected chi connectivity index (χ2v) is 5.69. The molecule has 0 bridgehead atoms. The predicted molar refractivity (Wildman–Crippen MR) is 80.0 cm³/mol. The summed E-state index contributed by atoms with van der Waals surface area (Å²) >= 11 is 0. The zero-order valence-electron chi connectivity index (χ0n) is 13.0. The topological polar surface area (TPSA) is 41.1 Å². The van der Waals surface area contributed by atoms with Gasteiger partial charge in [-0.1, -0.05) is 26.0 Å². The Labute approximate surface area is 121 Å². The SMILES string of the molecule is CNC(=O)C(CC(C)C)NC(C)c1ccc(C)c(F)c1. The van der Waals surface area contributed by atoms with Crippen LogP contribution < -0.4 is 10.6 Å². The summed E-state index contributed by atoms with van der Waals surface area (Å²) in [6, 6.07) is 4.85. The number of likely N-dealkylation sites (N-methyl/N-ethyl adjacent to an activating group) is 1. The Balaban J connectivity index is 2.81. The number of halogens is 1. The molecule has 0 saturated carbocycles. The van der Waals surface area contributed by atoms with Crippen molar-refractivity contribution < 1.29 is 9.18 Å². The molecule has 112 valence electrons. The number of benzene rings is 1. The molecule has 0 spiro atoms. The third kappa shape index (κ3) is 4.60. The molecule has 0 fully saturated rings. The van der Waals surface area contributed by atoms with Crippen molar-refractivity contribution in [3.8, 4) is 0 Å². The minimum absolute atomic E-state index is 0.0295. The minimum Gasteiger partial charge on any atom is -0.358 e. The first kappa shape index (κ1) is 16.6. The average molecular weight is 280 g/mol. The zero-order valence-corrected chi connectivity index (χ0v) is 13.0. The van der Waals surface area contributed by atoms with Crippen LogP contribution in [-0.2, 0) is 4.79 Å². The van der Waals surface area contributed by atoms with Gasteiger partial charge in [-0.2, -0.15) is 0 Å². The number of carbonyl (C=O) groups excluding carboxylic acids is 1. The lowest BCUT2D eigenvalue weighted by atomic mass is 10.00. The van der Waals surface area contributed by atoms with E-state index in [0.29, 0.717) is 11.5 Å². The number of carbonyl (C=O) groups is 1. The van der Waals surface area contributed by atoms with Crippen molar-refractivity contribution in [2.24, 2.45) is 5.92 Å². The van der Waals surface area contributed by atoms with E-state index in [2.05, 4.69) is 24.5 Å². The molecule has 0 aromatic heterocycles. The second-order valence-electron chi connectivity index (χ2n) is 5.69. The summed E-state index contributed by atoms with van der Waals surface area (Å²) in [5.74, 6) is 0.168. The molecule has 1 amide bonds. The van der Waals surface area contributed by atoms with Crippen molar-refractivity contribution in [2.45, 2.75) is 46.2 Å². The average Bonchev–Trinajstić information content (AvgIpc) is 2.39. The highest BCUT2D eigenvalue weighted by Crippen LogP contribution is 2.18. The molecule has 20 heavy (non-hydrogen) atoms. The summed E-state index contributed by atoms with van der Waals surface area (Å²) in [5.41, 5.74) is 1.48. The van der Waals surface area contributed by atoms with Gasteiger partial charge in [0.25, 0.3) is 0 Å². The Morgan fingerprint density at radius 3 is 2.45 bits per heavy atom. The Hall–Kier alpha value is -1.42. The summed E-state index contributed by atoms with van der Waals surface area (Å²) in [6.45, 7) is 7.84. The first-order valence-corrected chi connectivity index (χ1v) is 7.08. The Morgan fingerprint density at radius 2 is 1.95 bits per heavy atom. The van der Waals surface area contributed by atoms with Crippen LogP contribution in [0.25, 0.3) is 0 Å². The largest absolute Gasteiger partial charge is 0.358 e. The van der Waals surface area contributed by atoms with Gasteiger partial charge in [-0.15, -0.1) is 0 Å². The standard InChI is InChI=1S/C16H25FN2O/c1-10(2)8-15(16(20)18-5)19-12(4)13-7-6-11(3)14(17)9-13/h6-7,9-10,12,15,19H,8H2,1-5H3,(H,18,20). The Bertz CT molecular complexity index is 460. The van der Waals surface area contributed by atoms with Crippen molar-refractivity contribution >= 4 is 5.91 Å². The maximum Gasteiger partial charge on any atom is 0.236 e. The quantitative estimate of drug-likeness (QED) is 0.841. The monoisotopic (exact) mass is 280 g/mol. The number of rotatable bonds is 6. The Kier molecular flexibility index (Phi) is 6.14. The van der Waals surface area contributed by atoms with Gasteiger partial charge < -0.3 is 5.32 Å². The van der Waals surface area contributed by atoms with Crippen LogP contribution >= 0.6 is 0 Å². The van der Waals surface area contributed by atoms with Crippen LogP contribution in [0.1, 0.15) is 44.4 Å². The lowest BCUT2D eigenvalue weighted by Gasteiger charge is -2.24. The van der Waals surface area contributed by atoms with Crippen LogP contribution in [0, 0.1) is 18.7 Å². The third-order valence-corrected chi connectivity index (χ3v) is 3.42. The van der Waals surface area contributed by atoms with E-state index in [1.165, 1.54) is 6.07 Å². The van der Waals surface area contributed by atoms with Gasteiger partial charge in [0.1, 0.15) is 5.82 Å². The Morgan fingerprint density at radius 1 is 1.30 bits per heavy atom. The van der Waals surface area contributed by atoms with Gasteiger partial charge in [-0.3, -0.25) is 10.1 Å². The lowest BCUT2D eigenvalue weighted by molar-refractivity contribution is -0.123. The van der Waals surface area contributed by atoms with Crippen LogP contribution in [0.3, 0.4) is 0 Å². The minimum atomic E-state index is -0.264. The molecular formula is C16H25FN2O. The van der Waals surface area contributed by atoms with Crippen LogP contribution in [-0.4, -0.2) is 19.0 Å². The summed E-state index contributed by atoms with van der Waals surface area (Å²) in [5, 5.41) is 5.96. The van der Waals surface area contributed by atoms with Crippen LogP contribution in [0.2, 0.25) is 0 Å². The van der Waals surface area contributed by atoms with E-state index in [9.17, 15) is 9.18 Å². The van der Waals surface area contributed by atoms with Gasteiger partial charge >= 0.3 is 0 Å². The van der Waals surface area contributed by atoms with Crippen LogP contribution in [0.15, 0.2) is 18.2 Å². The predicted octanol–water partition coefficient (Wildman–Crippen LogP) is 2.95. The molecule has 0 aliphatic heterocycles. The molecule has 1 rings (SSSR count). The highest BCUT2D eigenvalue weighted by atomic mass is 19.1. The van der Waals surface area contributed by atoms with Gasteiger partial charge in [0.05, 0.1) is 6.04 Å². The molecule has 3 nitrogen and oxygen atoms in total. The van der Waals surface area contributed by atoms with E-state index in [0.717, 1.165) is 12.0 Å². The van der Waals surface area contributed by atoms with Gasteiger partial charge in [0.2, 0.25) is 5.91 Å². The van der Waals surface area contributed by atoms with Crippen LogP contribution in [0.5, 0.6) is 0 Å². The summed E-state index contributed by atoms with van der Waals surface area (Å²) in [4.78, 5) is 11.9. The van der Waals surface area contributed by atoms with E-state index in [-0.39, 0.29) is 23.8 Å². The summed E-state index contributed by atoms with van der Waals surface area (Å²) in [6.07, 6.45) is 0.748. The molecule has 2 N–H and O–H groups in total. The fourth-order valence-electron chi connectivity index (χ4n) is 2.17. The molecule has 4 heteroatoms. The molecule has 0 saturated heterocycles. The van der Waals surface area contributed by atoms with Crippen molar-refractivity contribution in [2.75, 3.05) is 7.05 Å². The van der Waals surface area contributed by atoms with E-state index in [1.807, 2.05) is 13.0 Å². The number of hydrogen-bond acceptors (Lipinski definition) is 2. The second kappa shape index (κ2) is 7.39. The fourth-order valence-corrected chi connectivity index (χ4v) is 2.17. The summed E-state index contributed by atoms with van der Waals surface area (Å²) in [7, 11) is 1.63. The van der Waals surface area contributed by atoms with Crippen molar-refractivity contribution in [3.05, 3.63) is 35.1 Å². The highest BCUT2D eigenvalue weighted by Gasteiger charge is 2.21. The van der Waals surface area contributed by atoms with Crippen LogP contribution in [0.4, 0.5) is 4.39 Å². The van der Waals surface area contributed by atoms with Gasteiger partial charge in [-0.25, -0.2) is 4.39 Å². The van der Waals surface area contributed by atoms with E-state index >= 15 is 0 Å². The van der Waals surface area contributed by atoms with Gasteiger partial charge in [0.15, 0.2) is 0 Å². The third-order valence-electron chi connectivity index (χ3n) is 3.42. The first-order chi connectivity index (χ1) is 9.35. The lowest BCUT2D eigenvalue weighted by Crippen LogP contribution is -2.44. The maximum atomic E-state index is 13.6. The first-order valence-electron chi connectivity index (χ1n) is 7.08. The van der Waals surface area contributed by atoms with E-state index < -0.39 is 0 Å². The molecule has 0 radical (unpaired) electrons. The highest BCUT2D eigenvalue weighted by molar-refractivity contribution is 5.81. The molecule has 0 heterocycles. The van der Waals surface area contributed by atoms with Gasteiger partial charge in [0, 0.05) is 13.1 Å². The normalized spacial score (nSPS) is 14.2. The van der Waals surface area contributed by atoms with Crippen molar-refractivity contribution in [1.82, 2.24) is 10.6 Å². The molecule has 1 aromatic rings. The zero-order chi connectivity index (χ0) is 15.3.